The highest BCUT2D eigenvalue weighted by Gasteiger charge is 2.12. The van der Waals surface area contributed by atoms with Gasteiger partial charge in [-0.25, -0.2) is 0 Å². The van der Waals surface area contributed by atoms with Crippen LogP contribution < -0.4 is 0 Å². The minimum Gasteiger partial charge on any atom is -0.0617 e. The van der Waals surface area contributed by atoms with Gasteiger partial charge in [0, 0.05) is 0 Å². The molecule has 0 radical (unpaired) electrons. The molecule has 0 nitrogen and oxygen atoms in total. The van der Waals surface area contributed by atoms with E-state index in [0.717, 1.165) is 0 Å². The third kappa shape index (κ3) is 6.05. The van der Waals surface area contributed by atoms with Crippen molar-refractivity contribution in [2.75, 3.05) is 0 Å². The molecular weight excluding hydrogens is 264 g/mol. The van der Waals surface area contributed by atoms with E-state index >= 15 is 0 Å². The maximum atomic E-state index is 2.25. The number of hydrogen-bond acceptors (Lipinski definition) is 0. The van der Waals surface area contributed by atoms with Crippen LogP contribution in [-0.4, -0.2) is 0 Å². The van der Waals surface area contributed by atoms with Crippen LogP contribution in [0.5, 0.6) is 0 Å². The van der Waals surface area contributed by atoms with Gasteiger partial charge in [0.1, 0.15) is 0 Å². The molecule has 0 atom stereocenters. The second kappa shape index (κ2) is 7.13. The van der Waals surface area contributed by atoms with Gasteiger partial charge in [0.15, 0.2) is 0 Å². The fourth-order valence-corrected chi connectivity index (χ4v) is 2.17. The van der Waals surface area contributed by atoms with Gasteiger partial charge >= 0.3 is 0 Å². The van der Waals surface area contributed by atoms with Gasteiger partial charge in [0.05, 0.1) is 0 Å². The van der Waals surface area contributed by atoms with Gasteiger partial charge in [-0.15, -0.1) is 0 Å². The topological polar surface area (TPSA) is 0 Å². The van der Waals surface area contributed by atoms with Crippen molar-refractivity contribution in [1.29, 1.82) is 0 Å². The molecule has 2 aromatic carbocycles. The van der Waals surface area contributed by atoms with Gasteiger partial charge in [0.25, 0.3) is 0 Å². The minimum absolute atomic E-state index is 0.284. The average Bonchev–Trinajstić information content (AvgIpc) is 2.38. The van der Waals surface area contributed by atoms with Gasteiger partial charge in [-0.1, -0.05) is 101 Å². The number of aryl methyl sites for hydroxylation is 2. The first-order chi connectivity index (χ1) is 10.00. The SMILES string of the molecule is Cc1ccc(C(C)(C)C)cc1.Cc1cccc(C(C)(C)C)c1. The molecule has 2 rings (SSSR count). The zero-order valence-corrected chi connectivity index (χ0v) is 15.6. The van der Waals surface area contributed by atoms with Crippen molar-refractivity contribution in [3.63, 3.8) is 0 Å². The summed E-state index contributed by atoms with van der Waals surface area (Å²) in [5, 5.41) is 0. The largest absolute Gasteiger partial charge is 0.0617 e. The van der Waals surface area contributed by atoms with Crippen LogP contribution in [0.1, 0.15) is 63.8 Å². The van der Waals surface area contributed by atoms with Gasteiger partial charge in [-0.05, 0) is 35.8 Å². The van der Waals surface area contributed by atoms with E-state index in [9.17, 15) is 0 Å². The van der Waals surface area contributed by atoms with Crippen molar-refractivity contribution in [3.8, 4) is 0 Å². The predicted molar refractivity (Wildman–Crippen MR) is 99.8 cm³/mol. The van der Waals surface area contributed by atoms with Crippen LogP contribution in [0.3, 0.4) is 0 Å². The Hall–Kier alpha value is -1.56. The first-order valence-corrected chi connectivity index (χ1v) is 8.14. The van der Waals surface area contributed by atoms with Crippen molar-refractivity contribution in [3.05, 3.63) is 70.8 Å². The zero-order chi connectivity index (χ0) is 17.0. The molecule has 120 valence electrons. The lowest BCUT2D eigenvalue weighted by molar-refractivity contribution is 0.589. The van der Waals surface area contributed by atoms with E-state index < -0.39 is 0 Å². The van der Waals surface area contributed by atoms with Crippen molar-refractivity contribution >= 4 is 0 Å². The summed E-state index contributed by atoms with van der Waals surface area (Å²) in [6.07, 6.45) is 0. The third-order valence-electron chi connectivity index (χ3n) is 3.80. The Morgan fingerprint density at radius 1 is 0.545 bits per heavy atom. The lowest BCUT2D eigenvalue weighted by atomic mass is 9.86. The highest BCUT2D eigenvalue weighted by atomic mass is 14.2. The molecule has 2 aromatic rings. The summed E-state index contributed by atoms with van der Waals surface area (Å²) in [4.78, 5) is 0. The van der Waals surface area contributed by atoms with E-state index in [0.29, 0.717) is 0 Å². The third-order valence-corrected chi connectivity index (χ3v) is 3.80. The lowest BCUT2D eigenvalue weighted by Gasteiger charge is -2.19. The van der Waals surface area contributed by atoms with E-state index in [1.807, 2.05) is 0 Å². The standard InChI is InChI=1S/2C11H16/c1-9-5-7-10(8-6-9)11(2,3)4;1-9-6-5-7-10(8-9)11(2,3)4/h2*5-8H,1-4H3. The molecule has 0 heteroatoms. The molecule has 22 heavy (non-hydrogen) atoms. The lowest BCUT2D eigenvalue weighted by Crippen LogP contribution is -2.10. The molecule has 0 amide bonds. The van der Waals surface area contributed by atoms with Crippen molar-refractivity contribution in [2.24, 2.45) is 0 Å². The van der Waals surface area contributed by atoms with E-state index in [1.54, 1.807) is 0 Å². The normalized spacial score (nSPS) is 11.6. The van der Waals surface area contributed by atoms with Crippen molar-refractivity contribution in [1.82, 2.24) is 0 Å². The number of rotatable bonds is 0. The molecule has 0 unspecified atom stereocenters. The van der Waals surface area contributed by atoms with Crippen molar-refractivity contribution in [2.45, 2.75) is 66.2 Å². The Morgan fingerprint density at radius 3 is 1.41 bits per heavy atom. The molecule has 0 aromatic heterocycles. The second-order valence-corrected chi connectivity index (χ2v) is 8.24. The zero-order valence-electron chi connectivity index (χ0n) is 15.6. The van der Waals surface area contributed by atoms with E-state index in [2.05, 4.69) is 104 Å². The number of benzene rings is 2. The Labute approximate surface area is 137 Å². The Balaban J connectivity index is 0.000000220. The maximum Gasteiger partial charge on any atom is -0.0132 e. The molecule has 0 fully saturated rings. The number of hydrogen-bond donors (Lipinski definition) is 0. The second-order valence-electron chi connectivity index (χ2n) is 8.24. The first-order valence-electron chi connectivity index (χ1n) is 8.14. The van der Waals surface area contributed by atoms with Gasteiger partial charge in [0.2, 0.25) is 0 Å². The molecule has 0 aliphatic rings. The summed E-state index contributed by atoms with van der Waals surface area (Å²) in [5.74, 6) is 0. The van der Waals surface area contributed by atoms with Crippen LogP contribution in [0, 0.1) is 13.8 Å². The molecular formula is C22H32. The summed E-state index contributed by atoms with van der Waals surface area (Å²) in [6.45, 7) is 17.7. The Bertz CT molecular complexity index is 575. The average molecular weight is 296 g/mol. The van der Waals surface area contributed by atoms with Crippen LogP contribution in [0.4, 0.5) is 0 Å². The van der Waals surface area contributed by atoms with Crippen LogP contribution in [0.2, 0.25) is 0 Å². The molecule has 0 saturated heterocycles. The van der Waals surface area contributed by atoms with Gasteiger partial charge < -0.3 is 0 Å². The highest BCUT2D eigenvalue weighted by molar-refractivity contribution is 5.27. The van der Waals surface area contributed by atoms with Crippen LogP contribution in [0.25, 0.3) is 0 Å². The summed E-state index contributed by atoms with van der Waals surface area (Å²) in [7, 11) is 0. The van der Waals surface area contributed by atoms with Crippen molar-refractivity contribution < 1.29 is 0 Å². The van der Waals surface area contributed by atoms with Crippen LogP contribution in [-0.2, 0) is 10.8 Å². The smallest absolute Gasteiger partial charge is 0.0132 e. The highest BCUT2D eigenvalue weighted by Crippen LogP contribution is 2.22. The fraction of sp³-hybridized carbons (Fsp3) is 0.455. The first kappa shape index (κ1) is 18.5. The van der Waals surface area contributed by atoms with E-state index in [4.69, 9.17) is 0 Å². The summed E-state index contributed by atoms with van der Waals surface area (Å²) in [5.41, 5.74) is 6.07. The summed E-state index contributed by atoms with van der Waals surface area (Å²) < 4.78 is 0. The molecule has 0 saturated carbocycles. The summed E-state index contributed by atoms with van der Waals surface area (Å²) >= 11 is 0. The molecule has 0 spiro atoms. The molecule has 0 heterocycles. The van der Waals surface area contributed by atoms with Crippen LogP contribution >= 0.6 is 0 Å². The predicted octanol–water partition coefficient (Wildman–Crippen LogP) is 6.59. The molecule has 0 N–H and O–H groups in total. The molecule has 0 bridgehead atoms. The monoisotopic (exact) mass is 296 g/mol. The quantitative estimate of drug-likeness (QED) is 0.514. The van der Waals surface area contributed by atoms with Crippen LogP contribution in [0.15, 0.2) is 48.5 Å². The van der Waals surface area contributed by atoms with E-state index in [1.165, 1.54) is 22.3 Å². The Morgan fingerprint density at radius 2 is 1.05 bits per heavy atom. The fourth-order valence-electron chi connectivity index (χ4n) is 2.17. The van der Waals surface area contributed by atoms with Gasteiger partial charge in [-0.3, -0.25) is 0 Å². The maximum absolute atomic E-state index is 2.25. The molecule has 0 aliphatic heterocycles. The van der Waals surface area contributed by atoms with E-state index in [-0.39, 0.29) is 10.8 Å². The molecule has 0 aliphatic carbocycles. The van der Waals surface area contributed by atoms with Gasteiger partial charge in [-0.2, -0.15) is 0 Å². The Kier molecular flexibility index (Phi) is 6.00. The summed E-state index contributed by atoms with van der Waals surface area (Å²) in [6, 6.07) is 17.4. The minimum atomic E-state index is 0.284.